The Morgan fingerprint density at radius 3 is 3.12 bits per heavy atom. The maximum Gasteiger partial charge on any atom is 0.326 e. The molecule has 3 N–H and O–H groups in total. The number of hydrogen-bond donors (Lipinski definition) is 2. The Labute approximate surface area is 101 Å². The van der Waals surface area contributed by atoms with E-state index in [0.717, 1.165) is 16.0 Å². The van der Waals surface area contributed by atoms with Gasteiger partial charge in [-0.25, -0.2) is 9.78 Å². The van der Waals surface area contributed by atoms with Crippen LogP contribution in [0.4, 0.5) is 5.69 Å². The van der Waals surface area contributed by atoms with Crippen LogP contribution in [0.2, 0.25) is 0 Å². The van der Waals surface area contributed by atoms with Crippen molar-refractivity contribution in [3.05, 3.63) is 45.3 Å². The van der Waals surface area contributed by atoms with E-state index in [1.54, 1.807) is 22.9 Å². The number of aromatic amines is 1. The van der Waals surface area contributed by atoms with Crippen LogP contribution in [-0.4, -0.2) is 14.5 Å². The number of nitrogens with zero attached hydrogens (tertiary/aromatic N) is 2. The second kappa shape index (κ2) is 3.74. The van der Waals surface area contributed by atoms with Gasteiger partial charge >= 0.3 is 5.69 Å². The molecule has 2 heterocycles. The molecule has 2 aromatic heterocycles. The van der Waals surface area contributed by atoms with Crippen molar-refractivity contribution in [1.82, 2.24) is 14.5 Å². The molecule has 0 bridgehead atoms. The number of aromatic nitrogens is 3. The summed E-state index contributed by atoms with van der Waals surface area (Å²) in [5.74, 6) is 0. The molecule has 0 atom stereocenters. The van der Waals surface area contributed by atoms with Gasteiger partial charge in [0.2, 0.25) is 0 Å². The molecule has 6 heteroatoms. The zero-order valence-electron chi connectivity index (χ0n) is 8.88. The number of thiazole rings is 1. The predicted octanol–water partition coefficient (Wildman–Crippen LogP) is 1.42. The molecule has 0 saturated carbocycles. The lowest BCUT2D eigenvalue weighted by Crippen LogP contribution is -2.17. The van der Waals surface area contributed by atoms with Gasteiger partial charge in [-0.05, 0) is 18.2 Å². The monoisotopic (exact) mass is 246 g/mol. The molecule has 86 valence electrons. The highest BCUT2D eigenvalue weighted by molar-refractivity contribution is 7.09. The molecule has 0 radical (unpaired) electrons. The number of nitrogen functional groups attached to an aromatic ring is 1. The van der Waals surface area contributed by atoms with Crippen molar-refractivity contribution >= 4 is 28.1 Å². The second-order valence-electron chi connectivity index (χ2n) is 3.72. The van der Waals surface area contributed by atoms with Crippen LogP contribution < -0.4 is 11.4 Å². The van der Waals surface area contributed by atoms with Crippen LogP contribution in [0.15, 0.2) is 34.6 Å². The molecule has 17 heavy (non-hydrogen) atoms. The minimum Gasteiger partial charge on any atom is -0.399 e. The van der Waals surface area contributed by atoms with E-state index < -0.39 is 0 Å². The molecule has 0 aliphatic rings. The van der Waals surface area contributed by atoms with Crippen molar-refractivity contribution in [2.45, 2.75) is 6.54 Å². The van der Waals surface area contributed by atoms with Gasteiger partial charge in [0.1, 0.15) is 5.01 Å². The Bertz CT molecular complexity index is 711. The van der Waals surface area contributed by atoms with Crippen LogP contribution in [-0.2, 0) is 6.54 Å². The average Bonchev–Trinajstić information content (AvgIpc) is 2.88. The van der Waals surface area contributed by atoms with Crippen LogP contribution >= 0.6 is 11.3 Å². The van der Waals surface area contributed by atoms with Crippen LogP contribution in [0.5, 0.6) is 0 Å². The first-order chi connectivity index (χ1) is 8.24. The highest BCUT2D eigenvalue weighted by atomic mass is 32.1. The second-order valence-corrected chi connectivity index (χ2v) is 4.70. The largest absolute Gasteiger partial charge is 0.399 e. The first-order valence-corrected chi connectivity index (χ1v) is 5.98. The summed E-state index contributed by atoms with van der Waals surface area (Å²) in [6.07, 6.45) is 1.73. The Morgan fingerprint density at radius 1 is 1.47 bits per heavy atom. The lowest BCUT2D eigenvalue weighted by Gasteiger charge is -2.00. The van der Waals surface area contributed by atoms with Crippen molar-refractivity contribution in [2.75, 3.05) is 5.73 Å². The SMILES string of the molecule is Nc1ccc2c(c1)[nH]c(=O)n2Cc1nccs1. The Balaban J connectivity index is 2.16. The topological polar surface area (TPSA) is 76.7 Å². The molecule has 0 aliphatic heterocycles. The first-order valence-electron chi connectivity index (χ1n) is 5.10. The number of fused-ring (bicyclic) bond motifs is 1. The van der Waals surface area contributed by atoms with Crippen molar-refractivity contribution in [3.8, 4) is 0 Å². The number of anilines is 1. The fraction of sp³-hybridized carbons (Fsp3) is 0.0909. The van der Waals surface area contributed by atoms with E-state index in [-0.39, 0.29) is 5.69 Å². The summed E-state index contributed by atoms with van der Waals surface area (Å²) in [6.45, 7) is 0.487. The van der Waals surface area contributed by atoms with E-state index in [0.29, 0.717) is 12.2 Å². The van der Waals surface area contributed by atoms with Gasteiger partial charge in [0.05, 0.1) is 17.6 Å². The third-order valence-electron chi connectivity index (χ3n) is 2.57. The van der Waals surface area contributed by atoms with Crippen LogP contribution in [0, 0.1) is 0 Å². The predicted molar refractivity (Wildman–Crippen MR) is 68.2 cm³/mol. The fourth-order valence-electron chi connectivity index (χ4n) is 1.80. The van der Waals surface area contributed by atoms with E-state index in [2.05, 4.69) is 9.97 Å². The van der Waals surface area contributed by atoms with E-state index in [4.69, 9.17) is 5.73 Å². The van der Waals surface area contributed by atoms with E-state index >= 15 is 0 Å². The molecular weight excluding hydrogens is 236 g/mol. The summed E-state index contributed by atoms with van der Waals surface area (Å²) < 4.78 is 1.66. The van der Waals surface area contributed by atoms with E-state index in [1.807, 2.05) is 11.4 Å². The quantitative estimate of drug-likeness (QED) is 0.671. The number of benzene rings is 1. The van der Waals surface area contributed by atoms with Crippen molar-refractivity contribution < 1.29 is 0 Å². The maximum atomic E-state index is 11.8. The molecule has 0 saturated heterocycles. The molecular formula is C11H10N4OS. The summed E-state index contributed by atoms with van der Waals surface area (Å²) in [6, 6.07) is 5.39. The number of H-pyrrole nitrogens is 1. The number of nitrogens with one attached hydrogen (secondary N) is 1. The summed E-state index contributed by atoms with van der Waals surface area (Å²) >= 11 is 1.53. The molecule has 3 rings (SSSR count). The number of hydrogen-bond acceptors (Lipinski definition) is 4. The van der Waals surface area contributed by atoms with Gasteiger partial charge < -0.3 is 10.7 Å². The van der Waals surface area contributed by atoms with E-state index in [1.165, 1.54) is 11.3 Å². The van der Waals surface area contributed by atoms with Crippen LogP contribution in [0.1, 0.15) is 5.01 Å². The molecule has 0 unspecified atom stereocenters. The molecule has 5 nitrogen and oxygen atoms in total. The van der Waals surface area contributed by atoms with Crippen molar-refractivity contribution in [1.29, 1.82) is 0 Å². The van der Waals surface area contributed by atoms with Crippen molar-refractivity contribution in [2.24, 2.45) is 0 Å². The molecule has 0 spiro atoms. The van der Waals surface area contributed by atoms with E-state index in [9.17, 15) is 4.79 Å². The van der Waals surface area contributed by atoms with Crippen LogP contribution in [0.25, 0.3) is 11.0 Å². The number of rotatable bonds is 2. The third kappa shape index (κ3) is 1.72. The highest BCUT2D eigenvalue weighted by Gasteiger charge is 2.08. The molecule has 0 aliphatic carbocycles. The summed E-state index contributed by atoms with van der Waals surface area (Å²) in [5, 5.41) is 2.80. The lowest BCUT2D eigenvalue weighted by molar-refractivity contribution is 0.780. The Morgan fingerprint density at radius 2 is 2.35 bits per heavy atom. The van der Waals surface area contributed by atoms with Crippen LogP contribution in [0.3, 0.4) is 0 Å². The van der Waals surface area contributed by atoms with Gasteiger partial charge in [0.25, 0.3) is 0 Å². The zero-order chi connectivity index (χ0) is 11.8. The standard InChI is InChI=1S/C11H10N4OS/c12-7-1-2-9-8(5-7)14-11(16)15(9)6-10-13-3-4-17-10/h1-5H,6,12H2,(H,14,16). The maximum absolute atomic E-state index is 11.8. The van der Waals surface area contributed by atoms with Gasteiger partial charge in [-0.3, -0.25) is 4.57 Å². The smallest absolute Gasteiger partial charge is 0.326 e. The van der Waals surface area contributed by atoms with Gasteiger partial charge in [-0.15, -0.1) is 11.3 Å². The van der Waals surface area contributed by atoms with Gasteiger partial charge in [-0.2, -0.15) is 0 Å². The molecule has 0 fully saturated rings. The zero-order valence-corrected chi connectivity index (χ0v) is 9.70. The Hall–Kier alpha value is -2.08. The van der Waals surface area contributed by atoms with Gasteiger partial charge in [0.15, 0.2) is 0 Å². The number of nitrogens with two attached hydrogens (primary N) is 1. The normalized spacial score (nSPS) is 11.1. The fourth-order valence-corrected chi connectivity index (χ4v) is 2.41. The molecule has 1 aromatic carbocycles. The average molecular weight is 246 g/mol. The first kappa shape index (κ1) is 10.1. The van der Waals surface area contributed by atoms with Crippen molar-refractivity contribution in [3.63, 3.8) is 0 Å². The summed E-state index contributed by atoms with van der Waals surface area (Å²) in [4.78, 5) is 18.8. The Kier molecular flexibility index (Phi) is 2.22. The minimum absolute atomic E-state index is 0.138. The number of imidazole rings is 1. The highest BCUT2D eigenvalue weighted by Crippen LogP contribution is 2.15. The molecule has 0 amide bonds. The van der Waals surface area contributed by atoms with Gasteiger partial charge in [-0.1, -0.05) is 0 Å². The van der Waals surface area contributed by atoms with Gasteiger partial charge in [0, 0.05) is 17.3 Å². The summed E-state index contributed by atoms with van der Waals surface area (Å²) in [5.41, 5.74) is 7.78. The minimum atomic E-state index is -0.138. The lowest BCUT2D eigenvalue weighted by atomic mass is 10.3. The third-order valence-corrected chi connectivity index (χ3v) is 3.34. The molecule has 3 aromatic rings. The summed E-state index contributed by atoms with van der Waals surface area (Å²) in [7, 11) is 0.